The summed E-state index contributed by atoms with van der Waals surface area (Å²) in [6, 6.07) is 10.8. The van der Waals surface area contributed by atoms with Crippen molar-refractivity contribution in [2.24, 2.45) is 0 Å². The van der Waals surface area contributed by atoms with Crippen molar-refractivity contribution in [2.45, 2.75) is 19.4 Å². The molecule has 0 fully saturated rings. The van der Waals surface area contributed by atoms with Crippen LogP contribution < -0.4 is 0 Å². The fourth-order valence-corrected chi connectivity index (χ4v) is 3.11. The van der Waals surface area contributed by atoms with Crippen LogP contribution in [0.25, 0.3) is 0 Å². The summed E-state index contributed by atoms with van der Waals surface area (Å²) in [5.41, 5.74) is 0.868. The van der Waals surface area contributed by atoms with E-state index in [1.165, 1.54) is 24.3 Å². The molecule has 0 saturated carbocycles. The fraction of sp³-hybridized carbons (Fsp3) is 0.150. The Bertz CT molecular complexity index is 943. The number of carbonyl (C=O) groups is 3. The van der Waals surface area contributed by atoms with E-state index in [1.807, 2.05) is 0 Å². The van der Waals surface area contributed by atoms with Crippen molar-refractivity contribution in [2.75, 3.05) is 0 Å². The van der Waals surface area contributed by atoms with Gasteiger partial charge in [-0.3, -0.25) is 29.4 Å². The summed E-state index contributed by atoms with van der Waals surface area (Å²) in [5, 5.41) is 10.9. The van der Waals surface area contributed by atoms with Gasteiger partial charge in [0.1, 0.15) is 0 Å². The molecule has 27 heavy (non-hydrogen) atoms. The van der Waals surface area contributed by atoms with Crippen LogP contribution in [0.3, 0.4) is 0 Å². The highest BCUT2D eigenvalue weighted by Crippen LogP contribution is 2.36. The summed E-state index contributed by atoms with van der Waals surface area (Å²) < 4.78 is 0. The number of hydrogen-bond donors (Lipinski definition) is 0. The van der Waals surface area contributed by atoms with Crippen molar-refractivity contribution >= 4 is 23.3 Å². The zero-order chi connectivity index (χ0) is 19.7. The number of hydrogen-bond acceptors (Lipinski definition) is 5. The van der Waals surface area contributed by atoms with Gasteiger partial charge in [-0.25, -0.2) is 0 Å². The number of fused-ring (bicyclic) bond motifs is 1. The molecule has 0 N–H and O–H groups in total. The van der Waals surface area contributed by atoms with Gasteiger partial charge in [-0.2, -0.15) is 0 Å². The van der Waals surface area contributed by atoms with Crippen LogP contribution in [0.1, 0.15) is 45.7 Å². The predicted molar refractivity (Wildman–Crippen MR) is 97.2 cm³/mol. The highest BCUT2D eigenvalue weighted by Gasteiger charge is 2.42. The van der Waals surface area contributed by atoms with Crippen molar-refractivity contribution in [3.63, 3.8) is 0 Å². The maximum atomic E-state index is 12.9. The molecular weight excluding hydrogens is 348 g/mol. The van der Waals surface area contributed by atoms with E-state index in [9.17, 15) is 24.5 Å². The van der Waals surface area contributed by atoms with E-state index in [4.69, 9.17) is 0 Å². The number of benzene rings is 2. The van der Waals surface area contributed by atoms with Gasteiger partial charge < -0.3 is 0 Å². The summed E-state index contributed by atoms with van der Waals surface area (Å²) in [6.45, 7) is 5.46. The molecule has 1 heterocycles. The fourth-order valence-electron chi connectivity index (χ4n) is 3.11. The Morgan fingerprint density at radius 3 is 2.04 bits per heavy atom. The Morgan fingerprint density at radius 2 is 1.59 bits per heavy atom. The molecule has 3 rings (SSSR count). The van der Waals surface area contributed by atoms with Crippen LogP contribution in [-0.4, -0.2) is 27.4 Å². The smallest absolute Gasteiger partial charge is 0.269 e. The molecule has 1 aliphatic heterocycles. The van der Waals surface area contributed by atoms with Crippen LogP contribution in [-0.2, 0) is 4.79 Å². The molecule has 7 nitrogen and oxygen atoms in total. The van der Waals surface area contributed by atoms with Gasteiger partial charge >= 0.3 is 0 Å². The minimum absolute atomic E-state index is 0.0841. The summed E-state index contributed by atoms with van der Waals surface area (Å²) >= 11 is 0. The molecule has 1 atom stereocenters. The van der Waals surface area contributed by atoms with Gasteiger partial charge in [-0.05, 0) is 29.8 Å². The lowest BCUT2D eigenvalue weighted by atomic mass is 9.94. The van der Waals surface area contributed by atoms with E-state index in [0.29, 0.717) is 5.56 Å². The molecule has 0 unspecified atom stereocenters. The van der Waals surface area contributed by atoms with E-state index in [1.54, 1.807) is 31.2 Å². The SMILES string of the molecule is C=C(C(=O)CC)[C@@H](c1ccc([N+](=O)[O-])cc1)N1C(=O)c2ccccc2C1=O. The Hall–Kier alpha value is -3.61. The summed E-state index contributed by atoms with van der Waals surface area (Å²) in [7, 11) is 0. The molecule has 0 radical (unpaired) electrons. The molecule has 0 saturated heterocycles. The average molecular weight is 364 g/mol. The lowest BCUT2D eigenvalue weighted by molar-refractivity contribution is -0.384. The minimum atomic E-state index is -1.02. The Balaban J connectivity index is 2.10. The number of non-ortho nitro benzene ring substituents is 1. The second kappa shape index (κ2) is 6.95. The highest BCUT2D eigenvalue weighted by atomic mass is 16.6. The van der Waals surface area contributed by atoms with Gasteiger partial charge in [-0.1, -0.05) is 25.6 Å². The number of rotatable bonds is 6. The van der Waals surface area contributed by atoms with Crippen molar-refractivity contribution in [3.05, 3.63) is 87.5 Å². The van der Waals surface area contributed by atoms with Crippen LogP contribution in [0.5, 0.6) is 0 Å². The third-order valence-corrected chi connectivity index (χ3v) is 4.51. The first-order valence-corrected chi connectivity index (χ1v) is 8.30. The van der Waals surface area contributed by atoms with E-state index >= 15 is 0 Å². The largest absolute Gasteiger partial charge is 0.294 e. The van der Waals surface area contributed by atoms with E-state index in [-0.39, 0.29) is 34.6 Å². The van der Waals surface area contributed by atoms with Crippen LogP contribution in [0.4, 0.5) is 5.69 Å². The number of nitrogens with zero attached hydrogens (tertiary/aromatic N) is 2. The highest BCUT2D eigenvalue weighted by molar-refractivity contribution is 6.22. The van der Waals surface area contributed by atoms with Crippen LogP contribution in [0.2, 0.25) is 0 Å². The molecular formula is C20H16N2O5. The molecule has 0 bridgehead atoms. The first-order chi connectivity index (χ1) is 12.9. The van der Waals surface area contributed by atoms with Gasteiger partial charge in [0.2, 0.25) is 0 Å². The third kappa shape index (κ3) is 3.03. The molecule has 0 aliphatic carbocycles. The van der Waals surface area contributed by atoms with Crippen LogP contribution >= 0.6 is 0 Å². The van der Waals surface area contributed by atoms with Crippen molar-refractivity contribution < 1.29 is 19.3 Å². The number of nitro groups is 1. The van der Waals surface area contributed by atoms with E-state index < -0.39 is 22.8 Å². The monoisotopic (exact) mass is 364 g/mol. The standard InChI is InChI=1S/C20H16N2O5/c1-3-17(23)12(2)18(13-8-10-14(11-9-13)22(26)27)21-19(24)15-6-4-5-7-16(15)20(21)25/h4-11,18H,2-3H2,1H3/t18-/m0/s1. The summed E-state index contributed by atoms with van der Waals surface area (Å²) in [5.74, 6) is -1.34. The number of carbonyl (C=O) groups excluding carboxylic acids is 3. The average Bonchev–Trinajstić information content (AvgIpc) is 2.93. The number of nitro benzene ring substituents is 1. The Labute approximate surface area is 155 Å². The first-order valence-electron chi connectivity index (χ1n) is 8.30. The van der Waals surface area contributed by atoms with Gasteiger partial charge in [-0.15, -0.1) is 0 Å². The number of Topliss-reactive ketones (excluding diaryl/α,β-unsaturated/α-hetero) is 1. The zero-order valence-electron chi connectivity index (χ0n) is 14.5. The van der Waals surface area contributed by atoms with Gasteiger partial charge in [0.25, 0.3) is 17.5 Å². The van der Waals surface area contributed by atoms with E-state index in [0.717, 1.165) is 4.90 Å². The number of imide groups is 1. The number of amides is 2. The third-order valence-electron chi connectivity index (χ3n) is 4.51. The molecule has 2 aromatic carbocycles. The molecule has 1 aliphatic rings. The van der Waals surface area contributed by atoms with Gasteiger partial charge in [0.05, 0.1) is 22.1 Å². The molecule has 0 spiro atoms. The summed E-state index contributed by atoms with van der Waals surface area (Å²) in [4.78, 5) is 49.3. The molecule has 0 aromatic heterocycles. The lowest BCUT2D eigenvalue weighted by Gasteiger charge is -2.27. The first kappa shape index (κ1) is 18.2. The second-order valence-electron chi connectivity index (χ2n) is 6.08. The Morgan fingerprint density at radius 1 is 1.07 bits per heavy atom. The van der Waals surface area contributed by atoms with Gasteiger partial charge in [0, 0.05) is 24.1 Å². The van der Waals surface area contributed by atoms with Gasteiger partial charge in [0.15, 0.2) is 5.78 Å². The molecule has 136 valence electrons. The number of ketones is 1. The summed E-state index contributed by atoms with van der Waals surface area (Å²) in [6.07, 6.45) is 0.158. The van der Waals surface area contributed by atoms with Crippen molar-refractivity contribution in [1.29, 1.82) is 0 Å². The zero-order valence-corrected chi connectivity index (χ0v) is 14.5. The minimum Gasteiger partial charge on any atom is -0.294 e. The lowest BCUT2D eigenvalue weighted by Crippen LogP contribution is -2.36. The molecule has 7 heteroatoms. The molecule has 2 aromatic rings. The van der Waals surface area contributed by atoms with Crippen molar-refractivity contribution in [1.82, 2.24) is 4.90 Å². The predicted octanol–water partition coefficient (Wildman–Crippen LogP) is 3.47. The molecule has 2 amide bonds. The van der Waals surface area contributed by atoms with Crippen LogP contribution in [0, 0.1) is 10.1 Å². The van der Waals surface area contributed by atoms with Crippen LogP contribution in [0.15, 0.2) is 60.7 Å². The Kier molecular flexibility index (Phi) is 4.68. The second-order valence-corrected chi connectivity index (χ2v) is 6.08. The quantitative estimate of drug-likeness (QED) is 0.338. The normalized spacial score (nSPS) is 14.0. The van der Waals surface area contributed by atoms with Crippen molar-refractivity contribution in [3.8, 4) is 0 Å². The maximum Gasteiger partial charge on any atom is 0.269 e. The maximum absolute atomic E-state index is 12.9. The van der Waals surface area contributed by atoms with E-state index in [2.05, 4.69) is 6.58 Å². The topological polar surface area (TPSA) is 97.6 Å².